The second-order valence-corrected chi connectivity index (χ2v) is 4.80. The molecule has 0 aromatic heterocycles. The molecule has 4 nitrogen and oxygen atoms in total. The normalized spacial score (nSPS) is 11.5. The van der Waals surface area contributed by atoms with E-state index in [9.17, 15) is 5.11 Å². The number of likely N-dealkylation sites (N-methyl/N-ethyl adjacent to an activating group) is 1. The van der Waals surface area contributed by atoms with Gasteiger partial charge in [-0.25, -0.2) is 0 Å². The fraction of sp³-hybridized carbons (Fsp3) is 0.235. The van der Waals surface area contributed by atoms with Crippen LogP contribution in [0.1, 0.15) is 17.2 Å². The van der Waals surface area contributed by atoms with Crippen molar-refractivity contribution in [2.45, 2.75) is 6.10 Å². The van der Waals surface area contributed by atoms with Crippen LogP contribution in [0, 0.1) is 11.3 Å². The molecule has 1 unspecified atom stereocenters. The highest BCUT2D eigenvalue weighted by Gasteiger charge is 2.13. The second-order valence-electron chi connectivity index (χ2n) is 4.80. The number of aliphatic hydroxyl groups is 1. The maximum absolute atomic E-state index is 10.3. The van der Waals surface area contributed by atoms with Gasteiger partial charge in [0.05, 0.1) is 30.5 Å². The molecule has 1 N–H and O–H groups in total. The second kappa shape index (κ2) is 6.78. The first-order valence-electron chi connectivity index (χ1n) is 6.68. The van der Waals surface area contributed by atoms with Crippen LogP contribution in [0.4, 0.5) is 5.69 Å². The van der Waals surface area contributed by atoms with E-state index in [-0.39, 0.29) is 0 Å². The molecule has 0 aliphatic rings. The van der Waals surface area contributed by atoms with Crippen molar-refractivity contribution in [3.8, 4) is 11.8 Å². The zero-order valence-corrected chi connectivity index (χ0v) is 12.2. The number of rotatable bonds is 5. The van der Waals surface area contributed by atoms with Crippen molar-refractivity contribution < 1.29 is 9.84 Å². The smallest absolute Gasteiger partial charge is 0.142 e. The minimum Gasteiger partial charge on any atom is -0.495 e. The van der Waals surface area contributed by atoms with Crippen molar-refractivity contribution in [2.75, 3.05) is 25.6 Å². The van der Waals surface area contributed by atoms with E-state index in [1.165, 1.54) is 0 Å². The SMILES string of the molecule is COc1ccccc1N(C)CC(O)c1ccc(C#N)cc1. The largest absolute Gasteiger partial charge is 0.495 e. The maximum atomic E-state index is 10.3. The van der Waals surface area contributed by atoms with Gasteiger partial charge in [-0.3, -0.25) is 0 Å². The van der Waals surface area contributed by atoms with E-state index in [4.69, 9.17) is 10.00 Å². The van der Waals surface area contributed by atoms with Crippen LogP contribution in [-0.2, 0) is 0 Å². The molecule has 4 heteroatoms. The lowest BCUT2D eigenvalue weighted by Crippen LogP contribution is -2.24. The molecule has 1 atom stereocenters. The quantitative estimate of drug-likeness (QED) is 0.916. The fourth-order valence-corrected chi connectivity index (χ4v) is 2.19. The number of nitriles is 1. The molecule has 0 aliphatic heterocycles. The molecule has 2 aromatic rings. The molecule has 0 saturated carbocycles. The molecule has 0 aliphatic carbocycles. The van der Waals surface area contributed by atoms with Gasteiger partial charge in [0.2, 0.25) is 0 Å². The first kappa shape index (κ1) is 14.9. The van der Waals surface area contributed by atoms with E-state index in [0.717, 1.165) is 17.0 Å². The van der Waals surface area contributed by atoms with Gasteiger partial charge in [0.15, 0.2) is 0 Å². The van der Waals surface area contributed by atoms with Crippen LogP contribution in [0.25, 0.3) is 0 Å². The van der Waals surface area contributed by atoms with Gasteiger partial charge in [0.25, 0.3) is 0 Å². The van der Waals surface area contributed by atoms with E-state index in [0.29, 0.717) is 12.1 Å². The number of aliphatic hydroxyl groups excluding tert-OH is 1. The first-order valence-corrected chi connectivity index (χ1v) is 6.68. The van der Waals surface area contributed by atoms with E-state index >= 15 is 0 Å². The van der Waals surface area contributed by atoms with Gasteiger partial charge in [-0.15, -0.1) is 0 Å². The number of benzene rings is 2. The van der Waals surface area contributed by atoms with E-state index < -0.39 is 6.10 Å². The summed E-state index contributed by atoms with van der Waals surface area (Å²) in [5, 5.41) is 19.1. The lowest BCUT2D eigenvalue weighted by atomic mass is 10.1. The van der Waals surface area contributed by atoms with Gasteiger partial charge in [-0.1, -0.05) is 24.3 Å². The first-order chi connectivity index (χ1) is 10.2. The molecule has 0 bridgehead atoms. The Hall–Kier alpha value is -2.51. The minimum atomic E-state index is -0.632. The molecule has 0 heterocycles. The van der Waals surface area contributed by atoms with Gasteiger partial charge in [0.1, 0.15) is 5.75 Å². The van der Waals surface area contributed by atoms with Crippen molar-refractivity contribution in [1.29, 1.82) is 5.26 Å². The summed E-state index contributed by atoms with van der Waals surface area (Å²) in [6.07, 6.45) is -0.632. The Labute approximate surface area is 124 Å². The molecule has 0 fully saturated rings. The molecular formula is C17H18N2O2. The van der Waals surface area contributed by atoms with Crippen LogP contribution in [0.15, 0.2) is 48.5 Å². The third-order valence-corrected chi connectivity index (χ3v) is 3.37. The molecule has 2 rings (SSSR count). The highest BCUT2D eigenvalue weighted by atomic mass is 16.5. The third kappa shape index (κ3) is 3.53. The van der Waals surface area contributed by atoms with Gasteiger partial charge in [0, 0.05) is 13.6 Å². The van der Waals surface area contributed by atoms with Crippen LogP contribution in [0.5, 0.6) is 5.75 Å². The monoisotopic (exact) mass is 282 g/mol. The Kier molecular flexibility index (Phi) is 4.81. The van der Waals surface area contributed by atoms with Crippen molar-refractivity contribution >= 4 is 5.69 Å². The molecule has 0 saturated heterocycles. The third-order valence-electron chi connectivity index (χ3n) is 3.37. The molecule has 0 radical (unpaired) electrons. The van der Waals surface area contributed by atoms with Crippen LogP contribution >= 0.6 is 0 Å². The summed E-state index contributed by atoms with van der Waals surface area (Å²) in [6, 6.07) is 16.7. The van der Waals surface area contributed by atoms with Crippen LogP contribution in [-0.4, -0.2) is 25.8 Å². The summed E-state index contributed by atoms with van der Waals surface area (Å²) in [7, 11) is 3.54. The Balaban J connectivity index is 2.11. The summed E-state index contributed by atoms with van der Waals surface area (Å²) < 4.78 is 5.32. The summed E-state index contributed by atoms with van der Waals surface area (Å²) in [5.41, 5.74) is 2.30. The van der Waals surface area contributed by atoms with Gasteiger partial charge >= 0.3 is 0 Å². The number of hydrogen-bond donors (Lipinski definition) is 1. The van der Waals surface area contributed by atoms with Gasteiger partial charge < -0.3 is 14.7 Å². The average molecular weight is 282 g/mol. The molecule has 0 amide bonds. The number of methoxy groups -OCH3 is 1. The average Bonchev–Trinajstić information content (AvgIpc) is 2.54. The maximum Gasteiger partial charge on any atom is 0.142 e. The molecular weight excluding hydrogens is 264 g/mol. The Bertz CT molecular complexity index is 632. The lowest BCUT2D eigenvalue weighted by molar-refractivity contribution is 0.185. The van der Waals surface area contributed by atoms with Crippen molar-refractivity contribution in [1.82, 2.24) is 0 Å². The number of ether oxygens (including phenoxy) is 1. The van der Waals surface area contributed by atoms with Gasteiger partial charge in [-0.05, 0) is 29.8 Å². The number of nitrogens with zero attached hydrogens (tertiary/aromatic N) is 2. The Morgan fingerprint density at radius 3 is 2.48 bits per heavy atom. The topological polar surface area (TPSA) is 56.5 Å². The van der Waals surface area contributed by atoms with Crippen molar-refractivity contribution in [3.63, 3.8) is 0 Å². The van der Waals surface area contributed by atoms with Crippen LogP contribution in [0.3, 0.4) is 0 Å². The van der Waals surface area contributed by atoms with E-state index in [1.807, 2.05) is 36.2 Å². The highest BCUT2D eigenvalue weighted by molar-refractivity contribution is 5.58. The molecule has 108 valence electrons. The van der Waals surface area contributed by atoms with Crippen molar-refractivity contribution in [2.24, 2.45) is 0 Å². The zero-order valence-electron chi connectivity index (χ0n) is 12.2. The number of hydrogen-bond acceptors (Lipinski definition) is 4. The summed E-state index contributed by atoms with van der Waals surface area (Å²) in [4.78, 5) is 1.95. The van der Waals surface area contributed by atoms with E-state index in [1.54, 1.807) is 31.4 Å². The van der Waals surface area contributed by atoms with E-state index in [2.05, 4.69) is 6.07 Å². The number of para-hydroxylation sites is 2. The summed E-state index contributed by atoms with van der Waals surface area (Å²) >= 11 is 0. The predicted octanol–water partition coefficient (Wildman–Crippen LogP) is 2.74. The lowest BCUT2D eigenvalue weighted by Gasteiger charge is -2.24. The van der Waals surface area contributed by atoms with Crippen molar-refractivity contribution in [3.05, 3.63) is 59.7 Å². The Morgan fingerprint density at radius 1 is 1.19 bits per heavy atom. The van der Waals surface area contributed by atoms with Crippen LogP contribution < -0.4 is 9.64 Å². The number of anilines is 1. The molecule has 2 aromatic carbocycles. The molecule has 0 spiro atoms. The fourth-order valence-electron chi connectivity index (χ4n) is 2.19. The van der Waals surface area contributed by atoms with Crippen LogP contribution in [0.2, 0.25) is 0 Å². The predicted molar refractivity (Wildman–Crippen MR) is 82.4 cm³/mol. The highest BCUT2D eigenvalue weighted by Crippen LogP contribution is 2.28. The summed E-state index contributed by atoms with van der Waals surface area (Å²) in [5.74, 6) is 0.770. The van der Waals surface area contributed by atoms with Gasteiger partial charge in [-0.2, -0.15) is 5.26 Å². The summed E-state index contributed by atoms with van der Waals surface area (Å²) in [6.45, 7) is 0.437. The standard InChI is InChI=1S/C17H18N2O2/c1-19(15-5-3-4-6-17(15)21-2)12-16(20)14-9-7-13(11-18)8-10-14/h3-10,16,20H,12H2,1-2H3. The zero-order chi connectivity index (χ0) is 15.2. The Morgan fingerprint density at radius 2 is 1.86 bits per heavy atom. The minimum absolute atomic E-state index is 0.437. The molecule has 21 heavy (non-hydrogen) atoms.